The fraction of sp³-hybridized carbons (Fsp3) is 0.375. The number of aryl methyl sites for hydroxylation is 1. The number of rotatable bonds is 1. The third kappa shape index (κ3) is 5.24. The van der Waals surface area contributed by atoms with Crippen LogP contribution in [-0.4, -0.2) is 35.7 Å². The molecule has 1 aromatic carbocycles. The van der Waals surface area contributed by atoms with Crippen molar-refractivity contribution in [3.8, 4) is 17.0 Å². The Morgan fingerprint density at radius 3 is 2.76 bits per heavy atom. The molecule has 9 heteroatoms. The Balaban J connectivity index is 1.77. The Morgan fingerprint density at radius 2 is 1.94 bits per heavy atom. The topological polar surface area (TPSA) is 103 Å². The van der Waals surface area contributed by atoms with Crippen LogP contribution in [0.5, 0.6) is 5.88 Å². The molecule has 1 N–H and O–H groups in total. The predicted octanol–water partition coefficient (Wildman–Crippen LogP) is 3.68. The van der Waals surface area contributed by atoms with Crippen molar-refractivity contribution in [3.05, 3.63) is 59.9 Å². The molecule has 1 amide bonds. The van der Waals surface area contributed by atoms with E-state index >= 15 is 0 Å². The van der Waals surface area contributed by atoms with Crippen LogP contribution in [-0.2, 0) is 27.8 Å². The Labute approximate surface area is 194 Å². The van der Waals surface area contributed by atoms with Crippen molar-refractivity contribution in [2.24, 2.45) is 0 Å². The number of carbonyl (C=O) groups is 1. The number of hydrogen-bond donors (Lipinski definition) is 1. The van der Waals surface area contributed by atoms with Crippen LogP contribution in [0.4, 0.5) is 0 Å². The van der Waals surface area contributed by atoms with Gasteiger partial charge in [0.15, 0.2) is 5.03 Å². The van der Waals surface area contributed by atoms with Crippen LogP contribution in [0.2, 0.25) is 0 Å². The number of carbonyl (C=O) groups excluding carboxylic acids is 1. The van der Waals surface area contributed by atoms with Gasteiger partial charge in [-0.15, -0.1) is 0 Å². The predicted molar refractivity (Wildman–Crippen MR) is 124 cm³/mol. The molecule has 0 unspecified atom stereocenters. The summed E-state index contributed by atoms with van der Waals surface area (Å²) in [4.78, 5) is 17.3. The normalized spacial score (nSPS) is 16.8. The number of pyridine rings is 1. The summed E-state index contributed by atoms with van der Waals surface area (Å²) in [5.74, 6) is 0.0866. The molecule has 3 aromatic rings. The average molecular weight is 469 g/mol. The van der Waals surface area contributed by atoms with Gasteiger partial charge < -0.3 is 4.74 Å². The highest BCUT2D eigenvalue weighted by Gasteiger charge is 2.24. The molecule has 0 radical (unpaired) electrons. The maximum atomic E-state index is 13.0. The molecular weight excluding hydrogens is 440 g/mol. The molecule has 0 aliphatic carbocycles. The van der Waals surface area contributed by atoms with E-state index in [4.69, 9.17) is 4.74 Å². The second-order valence-corrected chi connectivity index (χ2v) is 10.0. The van der Waals surface area contributed by atoms with Crippen molar-refractivity contribution in [3.63, 3.8) is 0 Å². The van der Waals surface area contributed by atoms with E-state index in [0.717, 1.165) is 41.5 Å². The first-order chi connectivity index (χ1) is 15.8. The van der Waals surface area contributed by atoms with Crippen molar-refractivity contribution in [1.29, 1.82) is 0 Å². The molecule has 3 heterocycles. The number of nitrogens with zero attached hydrogens (tertiary/aromatic N) is 3. The van der Waals surface area contributed by atoms with Crippen LogP contribution in [0.3, 0.4) is 0 Å². The van der Waals surface area contributed by atoms with E-state index in [1.807, 2.05) is 44.2 Å². The summed E-state index contributed by atoms with van der Waals surface area (Å²) >= 11 is 0. The van der Waals surface area contributed by atoms with Gasteiger partial charge in [-0.25, -0.2) is 9.71 Å². The lowest BCUT2D eigenvalue weighted by Gasteiger charge is -2.18. The number of amides is 1. The minimum atomic E-state index is -4.04. The lowest BCUT2D eigenvalue weighted by atomic mass is 9.88. The van der Waals surface area contributed by atoms with Gasteiger partial charge in [-0.2, -0.15) is 13.5 Å². The van der Waals surface area contributed by atoms with Gasteiger partial charge in [0, 0.05) is 18.8 Å². The van der Waals surface area contributed by atoms with Gasteiger partial charge in [0.2, 0.25) is 11.8 Å². The van der Waals surface area contributed by atoms with Crippen molar-refractivity contribution in [1.82, 2.24) is 19.5 Å². The summed E-state index contributed by atoms with van der Waals surface area (Å²) in [5, 5.41) is 4.12. The molecule has 0 fully saturated rings. The van der Waals surface area contributed by atoms with Crippen molar-refractivity contribution in [2.75, 3.05) is 6.61 Å². The van der Waals surface area contributed by atoms with Gasteiger partial charge in [0.1, 0.15) is 0 Å². The molecular formula is C24H28N4O4S. The van der Waals surface area contributed by atoms with Gasteiger partial charge in [-0.05, 0) is 59.6 Å². The van der Waals surface area contributed by atoms with E-state index in [1.54, 1.807) is 6.20 Å². The maximum Gasteiger partial charge on any atom is 0.281 e. The number of hydrogen-bond acceptors (Lipinski definition) is 6. The summed E-state index contributed by atoms with van der Waals surface area (Å²) in [5.41, 5.74) is 3.50. The third-order valence-electron chi connectivity index (χ3n) is 5.68. The fourth-order valence-corrected chi connectivity index (χ4v) is 5.23. The minimum absolute atomic E-state index is 0.00959. The largest absolute Gasteiger partial charge is 0.478 e. The summed E-state index contributed by atoms with van der Waals surface area (Å²) < 4.78 is 35.5. The van der Waals surface area contributed by atoms with E-state index < -0.39 is 15.9 Å². The molecule has 0 saturated carbocycles. The monoisotopic (exact) mass is 468 g/mol. The molecule has 0 saturated heterocycles. The van der Waals surface area contributed by atoms with Crippen LogP contribution in [0, 0.1) is 0 Å². The highest BCUT2D eigenvalue weighted by Crippen LogP contribution is 2.32. The molecule has 8 nitrogen and oxygen atoms in total. The molecule has 0 atom stereocenters. The number of nitrogens with one attached hydrogen (secondary N) is 1. The Morgan fingerprint density at radius 1 is 1.09 bits per heavy atom. The standard InChI is InChI=1S/C24H28N4O4S/c1-17(2)19-7-6-8-20-18-9-11-25-23(15-18)32-14-5-3-4-13-28-24(10-12-26-28)33(30,31)27-22(29)16-21(19)20/h6-12,15,17H,3-5,13-14,16H2,1-2H3,(H,27,29). The summed E-state index contributed by atoms with van der Waals surface area (Å²) in [6, 6.07) is 11.0. The molecule has 4 rings (SSSR count). The number of sulfonamides is 1. The molecule has 2 aromatic heterocycles. The van der Waals surface area contributed by atoms with Crippen LogP contribution in [0.25, 0.3) is 11.1 Å². The summed E-state index contributed by atoms with van der Waals surface area (Å²) in [6.07, 6.45) is 5.43. The van der Waals surface area contributed by atoms with Gasteiger partial charge in [-0.3, -0.25) is 9.48 Å². The maximum absolute atomic E-state index is 13.0. The smallest absolute Gasteiger partial charge is 0.281 e. The van der Waals surface area contributed by atoms with Gasteiger partial charge in [0.25, 0.3) is 10.0 Å². The average Bonchev–Trinajstić information content (AvgIpc) is 3.25. The van der Waals surface area contributed by atoms with Gasteiger partial charge >= 0.3 is 0 Å². The molecule has 33 heavy (non-hydrogen) atoms. The van der Waals surface area contributed by atoms with Crippen LogP contribution in [0.15, 0.2) is 53.8 Å². The first kappa shape index (κ1) is 23.0. The van der Waals surface area contributed by atoms with E-state index in [9.17, 15) is 13.2 Å². The van der Waals surface area contributed by atoms with Crippen molar-refractivity contribution >= 4 is 15.9 Å². The molecule has 0 spiro atoms. The molecule has 1 aliphatic heterocycles. The Kier molecular flexibility index (Phi) is 6.78. The number of aromatic nitrogens is 3. The fourth-order valence-electron chi connectivity index (χ4n) is 4.10. The van der Waals surface area contributed by atoms with E-state index in [0.29, 0.717) is 19.0 Å². The lowest BCUT2D eigenvalue weighted by Crippen LogP contribution is -2.33. The highest BCUT2D eigenvalue weighted by molar-refractivity contribution is 7.90. The van der Waals surface area contributed by atoms with Crippen LogP contribution in [0.1, 0.15) is 50.2 Å². The molecule has 174 valence electrons. The molecule has 2 bridgehead atoms. The van der Waals surface area contributed by atoms with E-state index in [-0.39, 0.29) is 17.4 Å². The van der Waals surface area contributed by atoms with Crippen LogP contribution >= 0.6 is 0 Å². The summed E-state index contributed by atoms with van der Waals surface area (Å²) in [7, 11) is -4.04. The lowest BCUT2D eigenvalue weighted by molar-refractivity contribution is -0.118. The van der Waals surface area contributed by atoms with E-state index in [2.05, 4.69) is 14.8 Å². The zero-order chi connectivity index (χ0) is 23.4. The zero-order valence-corrected chi connectivity index (χ0v) is 19.6. The van der Waals surface area contributed by atoms with Gasteiger partial charge in [0.05, 0.1) is 19.2 Å². The zero-order valence-electron chi connectivity index (χ0n) is 18.8. The second kappa shape index (κ2) is 9.74. The Hall–Kier alpha value is -3.20. The van der Waals surface area contributed by atoms with E-state index in [1.165, 1.54) is 16.9 Å². The van der Waals surface area contributed by atoms with Gasteiger partial charge in [-0.1, -0.05) is 32.0 Å². The minimum Gasteiger partial charge on any atom is -0.478 e. The first-order valence-corrected chi connectivity index (χ1v) is 12.6. The summed E-state index contributed by atoms with van der Waals surface area (Å²) in [6.45, 7) is 5.05. The van der Waals surface area contributed by atoms with Crippen molar-refractivity contribution in [2.45, 2.75) is 57.0 Å². The van der Waals surface area contributed by atoms with Crippen molar-refractivity contribution < 1.29 is 17.9 Å². The SMILES string of the molecule is CC(C)c1cccc2c1CC(=O)NS(=O)(=O)c1ccnn1CCCCCOc1cc-2ccn1. The third-order valence-corrected chi connectivity index (χ3v) is 7.08. The second-order valence-electron chi connectivity index (χ2n) is 8.42. The van der Waals surface area contributed by atoms with Crippen LogP contribution < -0.4 is 9.46 Å². The quantitative estimate of drug-likeness (QED) is 0.584. The molecule has 1 aliphatic rings. The Bertz CT molecular complexity index is 1250. The number of fused-ring (bicyclic) bond motifs is 5. The highest BCUT2D eigenvalue weighted by atomic mass is 32.2. The number of ether oxygens (including phenoxy) is 1. The first-order valence-electron chi connectivity index (χ1n) is 11.1. The number of benzene rings is 1.